The first-order valence-corrected chi connectivity index (χ1v) is 7.30. The summed E-state index contributed by atoms with van der Waals surface area (Å²) in [5, 5.41) is 3.48. The molecule has 0 radical (unpaired) electrons. The van der Waals surface area contributed by atoms with Gasteiger partial charge in [0.1, 0.15) is 0 Å². The van der Waals surface area contributed by atoms with Crippen molar-refractivity contribution in [1.29, 1.82) is 0 Å². The number of hydrogen-bond donors (Lipinski definition) is 1. The minimum Gasteiger partial charge on any atom is -0.322 e. The Balaban J connectivity index is 1.78. The van der Waals surface area contributed by atoms with Gasteiger partial charge in [-0.2, -0.15) is 0 Å². The molecule has 1 heterocycles. The summed E-state index contributed by atoms with van der Waals surface area (Å²) < 4.78 is 0. The van der Waals surface area contributed by atoms with E-state index >= 15 is 0 Å². The van der Waals surface area contributed by atoms with Crippen molar-refractivity contribution in [3.05, 3.63) is 0 Å². The third-order valence-electron chi connectivity index (χ3n) is 4.50. The minimum absolute atomic E-state index is 0.0338. The molecule has 2 aliphatic carbocycles. The molecule has 0 bridgehead atoms. The number of hydrogen-bond acceptors (Lipinski definition) is 2. The first-order chi connectivity index (χ1) is 8.22. The zero-order valence-corrected chi connectivity index (χ0v) is 11.0. The summed E-state index contributed by atoms with van der Waals surface area (Å²) in [4.78, 5) is 14.6. The van der Waals surface area contributed by atoms with Crippen LogP contribution in [-0.4, -0.2) is 29.1 Å². The Morgan fingerprint density at radius 2 is 1.88 bits per heavy atom. The van der Waals surface area contributed by atoms with E-state index in [2.05, 4.69) is 17.1 Å². The number of nitrogens with zero attached hydrogens (tertiary/aromatic N) is 1. The lowest BCUT2D eigenvalue weighted by molar-refractivity contribution is -0.133. The Labute approximate surface area is 104 Å². The van der Waals surface area contributed by atoms with Crippen molar-refractivity contribution in [2.24, 2.45) is 11.8 Å². The quantitative estimate of drug-likeness (QED) is 0.793. The molecule has 2 unspecified atom stereocenters. The van der Waals surface area contributed by atoms with Crippen molar-refractivity contribution >= 4 is 5.91 Å². The molecule has 3 aliphatic rings. The fourth-order valence-corrected chi connectivity index (χ4v) is 3.38. The van der Waals surface area contributed by atoms with Gasteiger partial charge < -0.3 is 4.90 Å². The average molecular weight is 236 g/mol. The molecule has 1 aliphatic heterocycles. The highest BCUT2D eigenvalue weighted by Gasteiger charge is 2.50. The van der Waals surface area contributed by atoms with Gasteiger partial charge in [0.15, 0.2) is 0 Å². The van der Waals surface area contributed by atoms with Crippen LogP contribution in [0.25, 0.3) is 0 Å². The van der Waals surface area contributed by atoms with Crippen LogP contribution in [0, 0.1) is 11.8 Å². The smallest absolute Gasteiger partial charge is 0.240 e. The first-order valence-electron chi connectivity index (χ1n) is 7.30. The Kier molecular flexibility index (Phi) is 2.89. The molecule has 17 heavy (non-hydrogen) atoms. The van der Waals surface area contributed by atoms with Crippen molar-refractivity contribution in [3.63, 3.8) is 0 Å². The van der Waals surface area contributed by atoms with Crippen molar-refractivity contribution in [2.45, 2.75) is 70.6 Å². The molecule has 0 aromatic rings. The maximum absolute atomic E-state index is 12.4. The zero-order valence-electron chi connectivity index (χ0n) is 11.0. The van der Waals surface area contributed by atoms with Crippen LogP contribution in [0.1, 0.15) is 52.4 Å². The molecule has 0 aromatic carbocycles. The van der Waals surface area contributed by atoms with E-state index in [1.807, 2.05) is 6.92 Å². The number of rotatable bonds is 5. The Bertz CT molecular complexity index is 297. The summed E-state index contributed by atoms with van der Waals surface area (Å²) in [6.07, 6.45) is 7.95. The topological polar surface area (TPSA) is 32.3 Å². The molecule has 3 heteroatoms. The van der Waals surface area contributed by atoms with E-state index < -0.39 is 0 Å². The summed E-state index contributed by atoms with van der Waals surface area (Å²) >= 11 is 0. The minimum atomic E-state index is 0.0338. The van der Waals surface area contributed by atoms with Gasteiger partial charge >= 0.3 is 0 Å². The van der Waals surface area contributed by atoms with Gasteiger partial charge in [-0.25, -0.2) is 0 Å². The predicted molar refractivity (Wildman–Crippen MR) is 67.4 cm³/mol. The molecule has 1 N–H and O–H groups in total. The van der Waals surface area contributed by atoms with Gasteiger partial charge in [-0.15, -0.1) is 0 Å². The molecule has 0 spiro atoms. The lowest BCUT2D eigenvalue weighted by Crippen LogP contribution is -2.46. The van der Waals surface area contributed by atoms with Gasteiger partial charge in [-0.1, -0.05) is 13.3 Å². The van der Waals surface area contributed by atoms with Crippen LogP contribution in [0.2, 0.25) is 0 Å². The Morgan fingerprint density at radius 3 is 2.35 bits per heavy atom. The monoisotopic (exact) mass is 236 g/mol. The largest absolute Gasteiger partial charge is 0.322 e. The van der Waals surface area contributed by atoms with Crippen molar-refractivity contribution in [3.8, 4) is 0 Å². The highest BCUT2D eigenvalue weighted by Crippen LogP contribution is 2.48. The average Bonchev–Trinajstić information content (AvgIpc) is 3.15. The van der Waals surface area contributed by atoms with E-state index in [1.165, 1.54) is 25.7 Å². The number of amides is 1. The summed E-state index contributed by atoms with van der Waals surface area (Å²) in [6.45, 7) is 4.22. The maximum atomic E-state index is 12.4. The van der Waals surface area contributed by atoms with Crippen LogP contribution in [0.3, 0.4) is 0 Å². The molecule has 2 saturated carbocycles. The highest BCUT2D eigenvalue weighted by molar-refractivity contribution is 5.84. The highest BCUT2D eigenvalue weighted by atomic mass is 16.2. The SMILES string of the molecule is CCCC1NC(C)C(=O)N1C(C1CC1)C1CC1. The van der Waals surface area contributed by atoms with Crippen LogP contribution in [-0.2, 0) is 4.79 Å². The Hall–Kier alpha value is -0.570. The van der Waals surface area contributed by atoms with E-state index in [0.29, 0.717) is 18.1 Å². The van der Waals surface area contributed by atoms with Crippen LogP contribution < -0.4 is 5.32 Å². The number of carbonyl (C=O) groups is 1. The lowest BCUT2D eigenvalue weighted by Gasteiger charge is -2.33. The number of carbonyl (C=O) groups excluding carboxylic acids is 1. The molecule has 0 aromatic heterocycles. The molecule has 3 fully saturated rings. The zero-order chi connectivity index (χ0) is 12.0. The second kappa shape index (κ2) is 4.27. The summed E-state index contributed by atoms with van der Waals surface area (Å²) in [5.74, 6) is 1.99. The molecular weight excluding hydrogens is 212 g/mol. The van der Waals surface area contributed by atoms with Crippen molar-refractivity contribution in [2.75, 3.05) is 0 Å². The van der Waals surface area contributed by atoms with Gasteiger partial charge in [0.25, 0.3) is 0 Å². The molecule has 2 atom stereocenters. The second-order valence-electron chi connectivity index (χ2n) is 6.10. The Morgan fingerprint density at radius 1 is 1.29 bits per heavy atom. The summed E-state index contributed by atoms with van der Waals surface area (Å²) in [7, 11) is 0. The standard InChI is InChI=1S/C14H24N2O/c1-3-4-12-15-9(2)14(17)16(12)13(10-5-6-10)11-7-8-11/h9-13,15H,3-8H2,1-2H3. The van der Waals surface area contributed by atoms with Gasteiger partial charge in [-0.05, 0) is 50.9 Å². The summed E-state index contributed by atoms with van der Waals surface area (Å²) in [5.41, 5.74) is 0. The lowest BCUT2D eigenvalue weighted by atomic mass is 10.0. The van der Waals surface area contributed by atoms with Crippen LogP contribution >= 0.6 is 0 Å². The molecule has 3 rings (SSSR count). The van der Waals surface area contributed by atoms with E-state index in [9.17, 15) is 4.79 Å². The third kappa shape index (κ3) is 2.10. The predicted octanol–water partition coefficient (Wildman–Crippen LogP) is 2.12. The van der Waals surface area contributed by atoms with E-state index in [4.69, 9.17) is 0 Å². The molecule has 1 saturated heterocycles. The molecular formula is C14H24N2O. The molecule has 3 nitrogen and oxygen atoms in total. The van der Waals surface area contributed by atoms with Gasteiger partial charge in [0.2, 0.25) is 5.91 Å². The van der Waals surface area contributed by atoms with E-state index in [-0.39, 0.29) is 6.04 Å². The van der Waals surface area contributed by atoms with E-state index in [0.717, 1.165) is 24.7 Å². The maximum Gasteiger partial charge on any atom is 0.240 e. The fourth-order valence-electron chi connectivity index (χ4n) is 3.38. The van der Waals surface area contributed by atoms with Gasteiger partial charge in [0, 0.05) is 6.04 Å². The van der Waals surface area contributed by atoms with Crippen molar-refractivity contribution < 1.29 is 4.79 Å². The van der Waals surface area contributed by atoms with Crippen LogP contribution in [0.4, 0.5) is 0 Å². The molecule has 1 amide bonds. The summed E-state index contributed by atoms with van der Waals surface area (Å²) in [6, 6.07) is 0.600. The van der Waals surface area contributed by atoms with Crippen molar-refractivity contribution in [1.82, 2.24) is 10.2 Å². The fraction of sp³-hybridized carbons (Fsp3) is 0.929. The second-order valence-corrected chi connectivity index (χ2v) is 6.10. The van der Waals surface area contributed by atoms with Crippen LogP contribution in [0.5, 0.6) is 0 Å². The molecule has 96 valence electrons. The number of nitrogens with one attached hydrogen (secondary N) is 1. The first kappa shape index (κ1) is 11.5. The van der Waals surface area contributed by atoms with Crippen LogP contribution in [0.15, 0.2) is 0 Å². The normalized spacial score (nSPS) is 33.8. The van der Waals surface area contributed by atoms with Gasteiger partial charge in [0.05, 0.1) is 12.2 Å². The third-order valence-corrected chi connectivity index (χ3v) is 4.50. The van der Waals surface area contributed by atoms with E-state index in [1.54, 1.807) is 0 Å². The van der Waals surface area contributed by atoms with Gasteiger partial charge in [-0.3, -0.25) is 10.1 Å².